The molecule has 1 N–H and O–H groups in total. The third-order valence-corrected chi connectivity index (χ3v) is 3.64. The summed E-state index contributed by atoms with van der Waals surface area (Å²) in [4.78, 5) is 12.3. The summed E-state index contributed by atoms with van der Waals surface area (Å²) in [6.45, 7) is 0. The Morgan fingerprint density at radius 1 is 1.00 bits per heavy atom. The van der Waals surface area contributed by atoms with Crippen LogP contribution in [0, 0.1) is 5.82 Å². The number of pyridine rings is 1. The van der Waals surface area contributed by atoms with Gasteiger partial charge in [-0.1, -0.05) is 34.8 Å². The maximum absolute atomic E-state index is 13.9. The van der Waals surface area contributed by atoms with Crippen LogP contribution in [-0.4, -0.2) is 15.0 Å². The van der Waals surface area contributed by atoms with Crippen molar-refractivity contribution in [2.75, 3.05) is 5.32 Å². The van der Waals surface area contributed by atoms with Crippen LogP contribution in [-0.2, 0) is 0 Å². The Kier molecular flexibility index (Phi) is 3.80. The second kappa shape index (κ2) is 5.60. The Hall–Kier alpha value is -1.69. The first kappa shape index (κ1) is 14.3. The van der Waals surface area contributed by atoms with Gasteiger partial charge in [-0.2, -0.15) is 0 Å². The number of benzene rings is 1. The Labute approximate surface area is 133 Å². The van der Waals surface area contributed by atoms with Gasteiger partial charge in [0.2, 0.25) is 0 Å². The second-order valence-electron chi connectivity index (χ2n) is 4.10. The van der Waals surface area contributed by atoms with Crippen molar-refractivity contribution >= 4 is 57.3 Å². The lowest BCUT2D eigenvalue weighted by atomic mass is 10.3. The van der Waals surface area contributed by atoms with Crippen LogP contribution in [0.15, 0.2) is 30.6 Å². The number of rotatable bonds is 2. The van der Waals surface area contributed by atoms with Crippen molar-refractivity contribution in [3.8, 4) is 0 Å². The first-order chi connectivity index (χ1) is 10.0. The molecule has 0 aliphatic carbocycles. The smallest absolute Gasteiger partial charge is 0.160 e. The molecule has 0 spiro atoms. The lowest BCUT2D eigenvalue weighted by Gasteiger charge is -2.09. The van der Waals surface area contributed by atoms with E-state index in [1.807, 2.05) is 0 Å². The maximum atomic E-state index is 13.9. The quantitative estimate of drug-likeness (QED) is 0.533. The Morgan fingerprint density at radius 2 is 1.76 bits per heavy atom. The lowest BCUT2D eigenvalue weighted by molar-refractivity contribution is 0.632. The minimum Gasteiger partial charge on any atom is -0.336 e. The van der Waals surface area contributed by atoms with E-state index in [0.717, 1.165) is 6.07 Å². The van der Waals surface area contributed by atoms with Crippen LogP contribution in [0.4, 0.5) is 15.9 Å². The standard InChI is InChI=1S/C13H6Cl3FN4/c14-6-3-8(17)10(4-7(6)15)20-13-12-9(18-5-19-13)1-2-11(16)21-12/h1-5H,(H,18,19,20). The monoisotopic (exact) mass is 342 g/mol. The molecule has 0 saturated heterocycles. The zero-order valence-corrected chi connectivity index (χ0v) is 12.5. The second-order valence-corrected chi connectivity index (χ2v) is 5.30. The van der Waals surface area contributed by atoms with Gasteiger partial charge >= 0.3 is 0 Å². The molecular weight excluding hydrogens is 338 g/mol. The Bertz CT molecular complexity index is 841. The van der Waals surface area contributed by atoms with Gasteiger partial charge in [0, 0.05) is 0 Å². The van der Waals surface area contributed by atoms with E-state index < -0.39 is 5.82 Å². The van der Waals surface area contributed by atoms with Gasteiger partial charge in [0.05, 0.1) is 21.2 Å². The van der Waals surface area contributed by atoms with E-state index in [0.29, 0.717) is 16.9 Å². The van der Waals surface area contributed by atoms with Crippen molar-refractivity contribution in [2.45, 2.75) is 0 Å². The molecule has 0 radical (unpaired) electrons. The molecule has 0 atom stereocenters. The minimum atomic E-state index is -0.557. The largest absolute Gasteiger partial charge is 0.336 e. The van der Waals surface area contributed by atoms with Crippen LogP contribution < -0.4 is 5.32 Å². The first-order valence-corrected chi connectivity index (χ1v) is 6.87. The molecule has 4 nitrogen and oxygen atoms in total. The highest BCUT2D eigenvalue weighted by Crippen LogP contribution is 2.30. The normalized spacial score (nSPS) is 10.9. The molecule has 8 heteroatoms. The van der Waals surface area contributed by atoms with Gasteiger partial charge in [0.15, 0.2) is 5.82 Å². The third-order valence-electron chi connectivity index (χ3n) is 2.71. The number of halogens is 4. The lowest BCUT2D eigenvalue weighted by Crippen LogP contribution is -1.99. The number of nitrogens with one attached hydrogen (secondary N) is 1. The van der Waals surface area contributed by atoms with Gasteiger partial charge in [-0.3, -0.25) is 0 Å². The molecule has 21 heavy (non-hydrogen) atoms. The van der Waals surface area contributed by atoms with Crippen molar-refractivity contribution in [1.82, 2.24) is 15.0 Å². The number of hydrogen-bond donors (Lipinski definition) is 1. The summed E-state index contributed by atoms with van der Waals surface area (Å²) < 4.78 is 13.9. The molecule has 106 valence electrons. The van der Waals surface area contributed by atoms with Gasteiger partial charge in [0.25, 0.3) is 0 Å². The summed E-state index contributed by atoms with van der Waals surface area (Å²) >= 11 is 17.5. The predicted molar refractivity (Wildman–Crippen MR) is 82.0 cm³/mol. The highest BCUT2D eigenvalue weighted by atomic mass is 35.5. The minimum absolute atomic E-state index is 0.131. The van der Waals surface area contributed by atoms with Crippen LogP contribution in [0.2, 0.25) is 15.2 Å². The summed E-state index contributed by atoms with van der Waals surface area (Å²) in [5, 5.41) is 3.47. The van der Waals surface area contributed by atoms with E-state index >= 15 is 0 Å². The van der Waals surface area contributed by atoms with E-state index in [1.165, 1.54) is 12.4 Å². The Balaban J connectivity index is 2.10. The predicted octanol–water partition coefficient (Wildman–Crippen LogP) is 4.87. The molecule has 3 aromatic rings. The number of fused-ring (bicyclic) bond motifs is 1. The zero-order chi connectivity index (χ0) is 15.0. The van der Waals surface area contributed by atoms with E-state index in [2.05, 4.69) is 20.3 Å². The molecule has 0 aliphatic heterocycles. The van der Waals surface area contributed by atoms with Crippen LogP contribution in [0.1, 0.15) is 0 Å². The summed E-state index contributed by atoms with van der Waals surface area (Å²) in [6.07, 6.45) is 1.34. The average molecular weight is 344 g/mol. The molecule has 0 fully saturated rings. The molecule has 3 rings (SSSR count). The number of nitrogens with zero attached hydrogens (tertiary/aromatic N) is 3. The summed E-state index contributed by atoms with van der Waals surface area (Å²) in [6, 6.07) is 5.80. The SMILES string of the molecule is Fc1cc(Cl)c(Cl)cc1Nc1ncnc2ccc(Cl)nc12. The topological polar surface area (TPSA) is 50.7 Å². The highest BCUT2D eigenvalue weighted by molar-refractivity contribution is 6.42. The molecule has 0 amide bonds. The van der Waals surface area contributed by atoms with E-state index in [-0.39, 0.29) is 20.9 Å². The molecule has 2 aromatic heterocycles. The summed E-state index contributed by atoms with van der Waals surface area (Å²) in [5.41, 5.74) is 1.14. The first-order valence-electron chi connectivity index (χ1n) is 5.73. The maximum Gasteiger partial charge on any atom is 0.160 e. The van der Waals surface area contributed by atoms with Crippen molar-refractivity contribution in [1.29, 1.82) is 0 Å². The van der Waals surface area contributed by atoms with Gasteiger partial charge in [-0.25, -0.2) is 19.3 Å². The third kappa shape index (κ3) is 2.85. The van der Waals surface area contributed by atoms with Gasteiger partial charge in [-0.15, -0.1) is 0 Å². The fourth-order valence-electron chi connectivity index (χ4n) is 1.75. The van der Waals surface area contributed by atoms with Gasteiger partial charge in [-0.05, 0) is 24.3 Å². The van der Waals surface area contributed by atoms with Crippen molar-refractivity contribution in [3.05, 3.63) is 51.6 Å². The van der Waals surface area contributed by atoms with E-state index in [9.17, 15) is 4.39 Å². The average Bonchev–Trinajstić information content (AvgIpc) is 2.45. The number of anilines is 2. The molecule has 0 saturated carbocycles. The van der Waals surface area contributed by atoms with Crippen LogP contribution >= 0.6 is 34.8 Å². The fraction of sp³-hybridized carbons (Fsp3) is 0. The molecule has 0 bridgehead atoms. The van der Waals surface area contributed by atoms with Crippen LogP contribution in [0.3, 0.4) is 0 Å². The molecule has 2 heterocycles. The number of aromatic nitrogens is 3. The zero-order valence-electron chi connectivity index (χ0n) is 10.2. The van der Waals surface area contributed by atoms with Crippen LogP contribution in [0.25, 0.3) is 11.0 Å². The summed E-state index contributed by atoms with van der Waals surface area (Å²) in [7, 11) is 0. The molecule has 0 unspecified atom stereocenters. The van der Waals surface area contributed by atoms with E-state index in [4.69, 9.17) is 34.8 Å². The molecule has 0 aliphatic rings. The number of hydrogen-bond acceptors (Lipinski definition) is 4. The van der Waals surface area contributed by atoms with E-state index in [1.54, 1.807) is 12.1 Å². The van der Waals surface area contributed by atoms with Crippen molar-refractivity contribution in [3.63, 3.8) is 0 Å². The van der Waals surface area contributed by atoms with Gasteiger partial charge < -0.3 is 5.32 Å². The fourth-order valence-corrected chi connectivity index (χ4v) is 2.22. The summed E-state index contributed by atoms with van der Waals surface area (Å²) in [5.74, 6) is -0.238. The van der Waals surface area contributed by atoms with Crippen LogP contribution in [0.5, 0.6) is 0 Å². The molecule has 1 aromatic carbocycles. The highest BCUT2D eigenvalue weighted by Gasteiger charge is 2.11. The Morgan fingerprint density at radius 3 is 2.57 bits per heavy atom. The van der Waals surface area contributed by atoms with Crippen molar-refractivity contribution in [2.24, 2.45) is 0 Å². The van der Waals surface area contributed by atoms with Gasteiger partial charge in [0.1, 0.15) is 22.8 Å². The van der Waals surface area contributed by atoms with Crippen molar-refractivity contribution < 1.29 is 4.39 Å². The molecular formula is C13H6Cl3FN4.